The van der Waals surface area contributed by atoms with E-state index in [1.807, 2.05) is 24.4 Å². The minimum atomic E-state index is -0.0284. The summed E-state index contributed by atoms with van der Waals surface area (Å²) in [6, 6.07) is 16.5. The maximum Gasteiger partial charge on any atom is 0.230 e. The number of amides is 1. The minimum absolute atomic E-state index is 0.0284. The van der Waals surface area contributed by atoms with Crippen LogP contribution in [0.25, 0.3) is 16.9 Å². The molecule has 3 rings (SSSR count). The smallest absolute Gasteiger partial charge is 0.230 e. The maximum atomic E-state index is 12.1. The zero-order valence-corrected chi connectivity index (χ0v) is 17.3. The van der Waals surface area contributed by atoms with E-state index in [9.17, 15) is 4.79 Å². The molecular weight excluding hydrogens is 370 g/mol. The van der Waals surface area contributed by atoms with E-state index in [1.165, 1.54) is 22.9 Å². The molecule has 1 amide bonds. The molecule has 0 fully saturated rings. The second-order valence-corrected chi connectivity index (χ2v) is 7.44. The van der Waals surface area contributed by atoms with E-state index in [0.29, 0.717) is 18.9 Å². The van der Waals surface area contributed by atoms with Crippen molar-refractivity contribution in [1.29, 1.82) is 0 Å². The predicted molar refractivity (Wildman–Crippen MR) is 114 cm³/mol. The van der Waals surface area contributed by atoms with E-state index in [0.717, 1.165) is 22.1 Å². The first-order chi connectivity index (χ1) is 13.6. The van der Waals surface area contributed by atoms with Crippen molar-refractivity contribution in [2.45, 2.75) is 19.0 Å². The van der Waals surface area contributed by atoms with Crippen LogP contribution < -0.4 is 5.32 Å². The summed E-state index contributed by atoms with van der Waals surface area (Å²) in [5, 5.41) is 3.66. The van der Waals surface area contributed by atoms with Crippen LogP contribution in [-0.4, -0.2) is 41.5 Å². The molecule has 146 valence electrons. The van der Waals surface area contributed by atoms with Crippen LogP contribution in [-0.2, 0) is 9.53 Å². The topological polar surface area (TPSA) is 56.1 Å². The van der Waals surface area contributed by atoms with Crippen LogP contribution in [0.5, 0.6) is 0 Å². The summed E-state index contributed by atoms with van der Waals surface area (Å²) >= 11 is 1.44. The third kappa shape index (κ3) is 4.64. The van der Waals surface area contributed by atoms with Crippen molar-refractivity contribution in [3.8, 4) is 16.9 Å². The number of nitrogens with one attached hydrogen (secondary N) is 1. The van der Waals surface area contributed by atoms with Crippen molar-refractivity contribution < 1.29 is 9.53 Å². The zero-order valence-electron chi connectivity index (χ0n) is 16.4. The van der Waals surface area contributed by atoms with E-state index < -0.39 is 0 Å². The largest absolute Gasteiger partial charge is 0.383 e. The van der Waals surface area contributed by atoms with Gasteiger partial charge in [-0.25, -0.2) is 4.98 Å². The Bertz CT molecular complexity index is 918. The zero-order chi connectivity index (χ0) is 19.9. The van der Waals surface area contributed by atoms with Crippen LogP contribution in [0.15, 0.2) is 59.9 Å². The van der Waals surface area contributed by atoms with Crippen molar-refractivity contribution in [2.75, 3.05) is 26.0 Å². The second kappa shape index (κ2) is 9.57. The average molecular weight is 396 g/mol. The SMILES string of the molecule is COCCNC(=O)CSc1ncc(-c2ccccc2)n1-c1c(C)cccc1C. The molecule has 0 atom stereocenters. The van der Waals surface area contributed by atoms with E-state index >= 15 is 0 Å². The van der Waals surface area contributed by atoms with Gasteiger partial charge in [0, 0.05) is 19.2 Å². The Hall–Kier alpha value is -2.57. The van der Waals surface area contributed by atoms with Crippen molar-refractivity contribution >= 4 is 17.7 Å². The normalized spacial score (nSPS) is 10.8. The van der Waals surface area contributed by atoms with E-state index in [1.54, 1.807) is 7.11 Å². The van der Waals surface area contributed by atoms with Gasteiger partial charge in [0.2, 0.25) is 5.91 Å². The number of carbonyl (C=O) groups is 1. The van der Waals surface area contributed by atoms with Gasteiger partial charge in [-0.05, 0) is 25.0 Å². The van der Waals surface area contributed by atoms with Gasteiger partial charge in [-0.2, -0.15) is 0 Å². The second-order valence-electron chi connectivity index (χ2n) is 6.50. The van der Waals surface area contributed by atoms with Gasteiger partial charge in [0.1, 0.15) is 0 Å². The first kappa shape index (κ1) is 20.2. The molecule has 0 aliphatic rings. The molecule has 3 aromatic rings. The Balaban J connectivity index is 1.95. The highest BCUT2D eigenvalue weighted by molar-refractivity contribution is 7.99. The number of nitrogens with zero attached hydrogens (tertiary/aromatic N) is 2. The van der Waals surface area contributed by atoms with E-state index in [2.05, 4.69) is 59.0 Å². The number of thioether (sulfide) groups is 1. The van der Waals surface area contributed by atoms with Gasteiger partial charge < -0.3 is 10.1 Å². The lowest BCUT2D eigenvalue weighted by Crippen LogP contribution is -2.28. The van der Waals surface area contributed by atoms with E-state index in [-0.39, 0.29) is 5.91 Å². The van der Waals surface area contributed by atoms with Crippen LogP contribution in [0.1, 0.15) is 11.1 Å². The molecule has 0 aliphatic carbocycles. The number of aryl methyl sites for hydroxylation is 2. The van der Waals surface area contributed by atoms with Crippen LogP contribution in [0.3, 0.4) is 0 Å². The minimum Gasteiger partial charge on any atom is -0.383 e. The Morgan fingerprint density at radius 1 is 1.11 bits per heavy atom. The van der Waals surface area contributed by atoms with Crippen LogP contribution in [0, 0.1) is 13.8 Å². The molecule has 0 radical (unpaired) electrons. The molecule has 1 heterocycles. The summed E-state index contributed by atoms with van der Waals surface area (Å²) in [4.78, 5) is 16.8. The molecule has 28 heavy (non-hydrogen) atoms. The Morgan fingerprint density at radius 2 is 1.82 bits per heavy atom. The average Bonchev–Trinajstić information content (AvgIpc) is 3.11. The summed E-state index contributed by atoms with van der Waals surface area (Å²) in [6.45, 7) is 5.22. The fourth-order valence-corrected chi connectivity index (χ4v) is 3.91. The number of hydrogen-bond donors (Lipinski definition) is 1. The fraction of sp³-hybridized carbons (Fsp3) is 0.273. The first-order valence-corrected chi connectivity index (χ1v) is 10.2. The third-order valence-corrected chi connectivity index (χ3v) is 5.38. The van der Waals surface area contributed by atoms with Gasteiger partial charge in [0.05, 0.1) is 29.9 Å². The van der Waals surface area contributed by atoms with Gasteiger partial charge in [0.25, 0.3) is 0 Å². The van der Waals surface area contributed by atoms with Gasteiger partial charge in [-0.15, -0.1) is 0 Å². The number of para-hydroxylation sites is 1. The number of imidazole rings is 1. The van der Waals surface area contributed by atoms with E-state index in [4.69, 9.17) is 4.74 Å². The molecule has 2 aromatic carbocycles. The number of ether oxygens (including phenoxy) is 1. The highest BCUT2D eigenvalue weighted by Crippen LogP contribution is 2.32. The molecule has 1 aromatic heterocycles. The lowest BCUT2D eigenvalue weighted by atomic mass is 10.1. The molecule has 0 saturated heterocycles. The lowest BCUT2D eigenvalue weighted by molar-refractivity contribution is -0.118. The Kier molecular flexibility index (Phi) is 6.90. The molecule has 5 nitrogen and oxygen atoms in total. The van der Waals surface area contributed by atoms with Gasteiger partial charge in [-0.1, -0.05) is 60.3 Å². The highest BCUT2D eigenvalue weighted by Gasteiger charge is 2.18. The van der Waals surface area contributed by atoms with Crippen molar-refractivity contribution in [3.05, 3.63) is 65.9 Å². The van der Waals surface area contributed by atoms with Crippen LogP contribution >= 0.6 is 11.8 Å². The molecule has 0 unspecified atom stereocenters. The Morgan fingerprint density at radius 3 is 2.50 bits per heavy atom. The molecule has 0 spiro atoms. The number of benzene rings is 2. The summed E-state index contributed by atoms with van der Waals surface area (Å²) in [6.07, 6.45) is 1.88. The molecule has 6 heteroatoms. The number of rotatable bonds is 8. The van der Waals surface area contributed by atoms with Crippen molar-refractivity contribution in [1.82, 2.24) is 14.9 Å². The molecule has 0 bridgehead atoms. The molecule has 0 saturated carbocycles. The quantitative estimate of drug-likeness (QED) is 0.462. The third-order valence-electron chi connectivity index (χ3n) is 4.42. The maximum absolute atomic E-state index is 12.1. The molecule has 0 aliphatic heterocycles. The lowest BCUT2D eigenvalue weighted by Gasteiger charge is -2.17. The predicted octanol–water partition coefficient (Wildman–Crippen LogP) is 4.01. The molecule has 1 N–H and O–H groups in total. The number of methoxy groups -OCH3 is 1. The summed E-state index contributed by atoms with van der Waals surface area (Å²) in [5.74, 6) is 0.277. The van der Waals surface area contributed by atoms with Gasteiger partial charge in [-0.3, -0.25) is 9.36 Å². The summed E-state index contributed by atoms with van der Waals surface area (Å²) in [5.41, 5.74) is 5.55. The van der Waals surface area contributed by atoms with Crippen LogP contribution in [0.2, 0.25) is 0 Å². The van der Waals surface area contributed by atoms with Gasteiger partial charge >= 0.3 is 0 Å². The number of carbonyl (C=O) groups excluding carboxylic acids is 1. The van der Waals surface area contributed by atoms with Crippen molar-refractivity contribution in [3.63, 3.8) is 0 Å². The number of hydrogen-bond acceptors (Lipinski definition) is 4. The number of aromatic nitrogens is 2. The fourth-order valence-electron chi connectivity index (χ4n) is 3.10. The highest BCUT2D eigenvalue weighted by atomic mass is 32.2. The standard InChI is InChI=1S/C22H25N3O2S/c1-16-8-7-9-17(2)21(16)25-19(18-10-5-4-6-11-18)14-24-22(25)28-15-20(26)23-12-13-27-3/h4-11,14H,12-13,15H2,1-3H3,(H,23,26). The summed E-state index contributed by atoms with van der Waals surface area (Å²) in [7, 11) is 1.62. The van der Waals surface area contributed by atoms with Crippen molar-refractivity contribution in [2.24, 2.45) is 0 Å². The van der Waals surface area contributed by atoms with Crippen LogP contribution in [0.4, 0.5) is 0 Å². The van der Waals surface area contributed by atoms with Gasteiger partial charge in [0.15, 0.2) is 5.16 Å². The summed E-state index contributed by atoms with van der Waals surface area (Å²) < 4.78 is 7.13. The monoisotopic (exact) mass is 395 g/mol. The first-order valence-electron chi connectivity index (χ1n) is 9.20. The molecular formula is C22H25N3O2S. The Labute approximate surface area is 170 Å².